The molecule has 2 aromatic rings. The van der Waals surface area contributed by atoms with Gasteiger partial charge in [-0.25, -0.2) is 9.37 Å². The number of aromatic nitrogens is 3. The average molecular weight is 342 g/mol. The Balaban J connectivity index is 1.76. The van der Waals surface area contributed by atoms with Gasteiger partial charge in [-0.2, -0.15) is 13.2 Å². The van der Waals surface area contributed by atoms with E-state index in [9.17, 15) is 22.4 Å². The average Bonchev–Trinajstić information content (AvgIpc) is 3.05. The van der Waals surface area contributed by atoms with Crippen LogP contribution in [0.15, 0.2) is 24.7 Å². The number of nitrogens with one attached hydrogen (secondary N) is 1. The van der Waals surface area contributed by atoms with Gasteiger partial charge in [-0.15, -0.1) is 0 Å². The zero-order valence-corrected chi connectivity index (χ0v) is 12.5. The minimum Gasteiger partial charge on any atom is -0.338 e. The van der Waals surface area contributed by atoms with E-state index in [1.54, 1.807) is 0 Å². The molecular formula is C15H14F4N4O. The molecule has 9 heteroatoms. The first-order valence-electron chi connectivity index (χ1n) is 7.37. The Kier molecular flexibility index (Phi) is 4.25. The molecule has 0 aliphatic carbocycles. The Labute approximate surface area is 134 Å². The Morgan fingerprint density at radius 3 is 2.79 bits per heavy atom. The quantitative estimate of drug-likeness (QED) is 0.854. The lowest BCUT2D eigenvalue weighted by atomic mass is 9.96. The molecule has 3 rings (SSSR count). The number of hydrogen-bond acceptors (Lipinski definition) is 3. The fraction of sp³-hybridized carbons (Fsp3) is 0.400. The molecular weight excluding hydrogens is 328 g/mol. The van der Waals surface area contributed by atoms with Gasteiger partial charge in [0.25, 0.3) is 5.91 Å². The number of carbonyl (C=O) groups is 1. The molecule has 1 N–H and O–H groups in total. The summed E-state index contributed by atoms with van der Waals surface area (Å²) >= 11 is 0. The summed E-state index contributed by atoms with van der Waals surface area (Å²) in [7, 11) is 0. The van der Waals surface area contributed by atoms with Gasteiger partial charge in [0, 0.05) is 25.2 Å². The van der Waals surface area contributed by atoms with Gasteiger partial charge < -0.3 is 9.88 Å². The monoisotopic (exact) mass is 342 g/mol. The molecule has 0 aromatic carbocycles. The van der Waals surface area contributed by atoms with Gasteiger partial charge in [-0.1, -0.05) is 0 Å². The number of piperidine rings is 1. The van der Waals surface area contributed by atoms with E-state index in [1.807, 2.05) is 0 Å². The van der Waals surface area contributed by atoms with E-state index in [-0.39, 0.29) is 23.9 Å². The first-order valence-corrected chi connectivity index (χ1v) is 7.37. The van der Waals surface area contributed by atoms with E-state index in [1.165, 1.54) is 17.2 Å². The van der Waals surface area contributed by atoms with E-state index >= 15 is 0 Å². The fourth-order valence-electron chi connectivity index (χ4n) is 2.79. The summed E-state index contributed by atoms with van der Waals surface area (Å²) in [6, 6.07) is 1.29. The van der Waals surface area contributed by atoms with Crippen molar-refractivity contribution in [3.63, 3.8) is 0 Å². The van der Waals surface area contributed by atoms with Crippen molar-refractivity contribution in [1.82, 2.24) is 19.9 Å². The molecule has 24 heavy (non-hydrogen) atoms. The molecule has 128 valence electrons. The lowest BCUT2D eigenvalue weighted by Gasteiger charge is -2.32. The number of H-pyrrole nitrogens is 1. The van der Waals surface area contributed by atoms with Crippen LogP contribution in [0.3, 0.4) is 0 Å². The van der Waals surface area contributed by atoms with Crippen LogP contribution >= 0.6 is 0 Å². The standard InChI is InChI=1S/C15H14F4N4O/c16-11-6-20-4-3-10(11)14(24)23-5-1-2-9(8-23)13-21-7-12(22-13)15(17,18)19/h3-4,6-7,9H,1-2,5,8H2,(H,21,22)/t9-/m1/s1. The predicted molar refractivity (Wildman–Crippen MR) is 75.7 cm³/mol. The number of amides is 1. The highest BCUT2D eigenvalue weighted by molar-refractivity contribution is 5.94. The molecule has 1 amide bonds. The number of carbonyl (C=O) groups excluding carboxylic acids is 1. The van der Waals surface area contributed by atoms with Gasteiger partial charge in [-0.05, 0) is 18.9 Å². The molecule has 0 saturated carbocycles. The van der Waals surface area contributed by atoms with Gasteiger partial charge in [0.05, 0.1) is 18.0 Å². The van der Waals surface area contributed by atoms with E-state index in [0.29, 0.717) is 19.4 Å². The van der Waals surface area contributed by atoms with Crippen molar-refractivity contribution in [1.29, 1.82) is 0 Å². The lowest BCUT2D eigenvalue weighted by molar-refractivity contribution is -0.141. The zero-order valence-electron chi connectivity index (χ0n) is 12.5. The maximum atomic E-state index is 13.7. The molecule has 1 saturated heterocycles. The summed E-state index contributed by atoms with van der Waals surface area (Å²) in [5.74, 6) is -1.37. The molecule has 3 heterocycles. The van der Waals surface area contributed by atoms with Crippen molar-refractivity contribution >= 4 is 5.91 Å². The number of pyridine rings is 1. The van der Waals surface area contributed by atoms with Crippen LogP contribution in [0.25, 0.3) is 0 Å². The summed E-state index contributed by atoms with van der Waals surface area (Å²) < 4.78 is 51.7. The van der Waals surface area contributed by atoms with Gasteiger partial charge in [0.1, 0.15) is 11.5 Å². The second-order valence-electron chi connectivity index (χ2n) is 5.63. The first kappa shape index (κ1) is 16.4. The highest BCUT2D eigenvalue weighted by atomic mass is 19.4. The molecule has 1 aliphatic heterocycles. The molecule has 1 fully saturated rings. The molecule has 2 aromatic heterocycles. The number of nitrogens with zero attached hydrogens (tertiary/aromatic N) is 3. The van der Waals surface area contributed by atoms with Crippen LogP contribution in [0.5, 0.6) is 0 Å². The third-order valence-electron chi connectivity index (χ3n) is 4.00. The van der Waals surface area contributed by atoms with Crippen molar-refractivity contribution in [3.05, 3.63) is 47.6 Å². The molecule has 0 unspecified atom stereocenters. The summed E-state index contributed by atoms with van der Waals surface area (Å²) in [5.41, 5.74) is -1.01. The van der Waals surface area contributed by atoms with E-state index < -0.39 is 23.6 Å². The van der Waals surface area contributed by atoms with Crippen molar-refractivity contribution in [3.8, 4) is 0 Å². The largest absolute Gasteiger partial charge is 0.432 e. The summed E-state index contributed by atoms with van der Waals surface area (Å²) in [4.78, 5) is 23.5. The molecule has 5 nitrogen and oxygen atoms in total. The van der Waals surface area contributed by atoms with Crippen molar-refractivity contribution < 1.29 is 22.4 Å². The number of aromatic amines is 1. The van der Waals surface area contributed by atoms with Crippen molar-refractivity contribution in [2.75, 3.05) is 13.1 Å². The van der Waals surface area contributed by atoms with Crippen LogP contribution in [-0.4, -0.2) is 38.8 Å². The zero-order chi connectivity index (χ0) is 17.3. The highest BCUT2D eigenvalue weighted by Crippen LogP contribution is 2.31. The number of likely N-dealkylation sites (tertiary alicyclic amines) is 1. The molecule has 0 spiro atoms. The maximum Gasteiger partial charge on any atom is 0.432 e. The fourth-order valence-corrected chi connectivity index (χ4v) is 2.79. The predicted octanol–water partition coefficient (Wildman–Crippen LogP) is 2.98. The van der Waals surface area contributed by atoms with E-state index in [0.717, 1.165) is 12.4 Å². The minimum absolute atomic E-state index is 0.0962. The number of halogens is 4. The Morgan fingerprint density at radius 1 is 1.33 bits per heavy atom. The SMILES string of the molecule is O=C(c1ccncc1F)N1CCC[C@@H](c2ncc(C(F)(F)F)[nH]2)C1. The molecule has 1 atom stereocenters. The lowest BCUT2D eigenvalue weighted by Crippen LogP contribution is -2.39. The number of hydrogen-bond donors (Lipinski definition) is 1. The van der Waals surface area contributed by atoms with Crippen LogP contribution in [-0.2, 0) is 6.18 Å². The third-order valence-corrected chi connectivity index (χ3v) is 4.00. The van der Waals surface area contributed by atoms with Gasteiger partial charge >= 0.3 is 6.18 Å². The highest BCUT2D eigenvalue weighted by Gasteiger charge is 2.35. The maximum absolute atomic E-state index is 13.7. The number of imidazole rings is 1. The third kappa shape index (κ3) is 3.24. The molecule has 0 bridgehead atoms. The first-order chi connectivity index (χ1) is 11.4. The summed E-state index contributed by atoms with van der Waals surface area (Å²) in [5, 5.41) is 0. The molecule has 1 aliphatic rings. The van der Waals surface area contributed by atoms with Gasteiger partial charge in [0.2, 0.25) is 0 Å². The summed E-state index contributed by atoms with van der Waals surface area (Å²) in [6.45, 7) is 0.606. The minimum atomic E-state index is -4.49. The van der Waals surface area contributed by atoms with E-state index in [2.05, 4.69) is 15.0 Å². The van der Waals surface area contributed by atoms with Crippen LogP contribution in [0.1, 0.15) is 40.6 Å². The second kappa shape index (κ2) is 6.21. The van der Waals surface area contributed by atoms with Crippen LogP contribution in [0.4, 0.5) is 17.6 Å². The normalized spacial score (nSPS) is 18.7. The van der Waals surface area contributed by atoms with Crippen LogP contribution < -0.4 is 0 Å². The number of alkyl halides is 3. The van der Waals surface area contributed by atoms with E-state index in [4.69, 9.17) is 0 Å². The van der Waals surface area contributed by atoms with Crippen molar-refractivity contribution in [2.45, 2.75) is 24.9 Å². The van der Waals surface area contributed by atoms with Crippen LogP contribution in [0, 0.1) is 5.82 Å². The van der Waals surface area contributed by atoms with Gasteiger partial charge in [-0.3, -0.25) is 9.78 Å². The molecule has 0 radical (unpaired) electrons. The Morgan fingerprint density at radius 2 is 2.12 bits per heavy atom. The second-order valence-corrected chi connectivity index (χ2v) is 5.63. The Bertz CT molecular complexity index is 743. The smallest absolute Gasteiger partial charge is 0.338 e. The van der Waals surface area contributed by atoms with Crippen molar-refractivity contribution in [2.24, 2.45) is 0 Å². The summed E-state index contributed by atoms with van der Waals surface area (Å²) in [6.07, 6.45) is -0.260. The number of rotatable bonds is 2. The van der Waals surface area contributed by atoms with Crippen LogP contribution in [0.2, 0.25) is 0 Å². The topological polar surface area (TPSA) is 61.9 Å². The van der Waals surface area contributed by atoms with Gasteiger partial charge in [0.15, 0.2) is 5.82 Å². The Hall–Kier alpha value is -2.45.